The van der Waals surface area contributed by atoms with Gasteiger partial charge in [-0.1, -0.05) is 18.2 Å². The number of hydrogen-bond donors (Lipinski definition) is 2. The number of benzene rings is 1. The number of nitrogens with zero attached hydrogens (tertiary/aromatic N) is 2. The first-order valence-corrected chi connectivity index (χ1v) is 6.79. The molecule has 5 heteroatoms. The smallest absolute Gasteiger partial charge is 0.251 e. The fourth-order valence-corrected chi connectivity index (χ4v) is 2.03. The van der Waals surface area contributed by atoms with Crippen LogP contribution in [-0.4, -0.2) is 35.8 Å². The standard InChI is InChI=1S/C15H20N4O/c1-16-9-7-13-5-2-3-6-14(13)15(20)17-10-12-19-11-4-8-18-19/h2-6,8,11,16H,7,9-10,12H2,1H3,(H,17,20). The lowest BCUT2D eigenvalue weighted by molar-refractivity contribution is 0.0951. The van der Waals surface area contributed by atoms with Crippen LogP contribution in [0, 0.1) is 0 Å². The van der Waals surface area contributed by atoms with Crippen molar-refractivity contribution >= 4 is 5.91 Å². The summed E-state index contributed by atoms with van der Waals surface area (Å²) in [6.07, 6.45) is 4.46. The molecule has 0 spiro atoms. The van der Waals surface area contributed by atoms with Crippen molar-refractivity contribution in [1.82, 2.24) is 20.4 Å². The minimum Gasteiger partial charge on any atom is -0.350 e. The lowest BCUT2D eigenvalue weighted by atomic mass is 10.0. The third-order valence-electron chi connectivity index (χ3n) is 3.09. The van der Waals surface area contributed by atoms with Crippen LogP contribution in [0.5, 0.6) is 0 Å². The molecule has 106 valence electrons. The second kappa shape index (κ2) is 7.45. The lowest BCUT2D eigenvalue weighted by Crippen LogP contribution is -2.28. The molecule has 0 aliphatic heterocycles. The zero-order valence-corrected chi connectivity index (χ0v) is 11.7. The molecule has 0 aliphatic rings. The van der Waals surface area contributed by atoms with Gasteiger partial charge in [-0.15, -0.1) is 0 Å². The third kappa shape index (κ3) is 3.93. The molecule has 0 unspecified atom stereocenters. The van der Waals surface area contributed by atoms with Crippen molar-refractivity contribution in [2.75, 3.05) is 20.1 Å². The Bertz CT molecular complexity index is 537. The van der Waals surface area contributed by atoms with E-state index >= 15 is 0 Å². The maximum absolute atomic E-state index is 12.2. The second-order valence-corrected chi connectivity index (χ2v) is 4.54. The Morgan fingerprint density at radius 3 is 2.85 bits per heavy atom. The molecule has 0 aliphatic carbocycles. The molecule has 0 saturated heterocycles. The van der Waals surface area contributed by atoms with Crippen molar-refractivity contribution in [2.45, 2.75) is 13.0 Å². The average Bonchev–Trinajstić information content (AvgIpc) is 2.98. The van der Waals surface area contributed by atoms with Crippen LogP contribution in [0.15, 0.2) is 42.7 Å². The van der Waals surface area contributed by atoms with E-state index in [1.54, 1.807) is 10.9 Å². The fourth-order valence-electron chi connectivity index (χ4n) is 2.03. The highest BCUT2D eigenvalue weighted by molar-refractivity contribution is 5.95. The molecule has 0 fully saturated rings. The molecule has 0 saturated carbocycles. The number of aromatic nitrogens is 2. The second-order valence-electron chi connectivity index (χ2n) is 4.54. The van der Waals surface area contributed by atoms with Gasteiger partial charge in [0.1, 0.15) is 0 Å². The van der Waals surface area contributed by atoms with Crippen LogP contribution in [0.3, 0.4) is 0 Å². The Balaban J connectivity index is 1.91. The van der Waals surface area contributed by atoms with Crippen molar-refractivity contribution in [3.63, 3.8) is 0 Å². The van der Waals surface area contributed by atoms with Gasteiger partial charge in [0.2, 0.25) is 0 Å². The largest absolute Gasteiger partial charge is 0.350 e. The van der Waals surface area contributed by atoms with Crippen molar-refractivity contribution in [3.8, 4) is 0 Å². The molecule has 5 nitrogen and oxygen atoms in total. The van der Waals surface area contributed by atoms with E-state index in [1.165, 1.54) is 0 Å². The molecule has 2 aromatic rings. The number of hydrogen-bond acceptors (Lipinski definition) is 3. The molecule has 1 heterocycles. The summed E-state index contributed by atoms with van der Waals surface area (Å²) in [6.45, 7) is 2.11. The average molecular weight is 272 g/mol. The number of amides is 1. The maximum atomic E-state index is 12.2. The zero-order valence-electron chi connectivity index (χ0n) is 11.7. The summed E-state index contributed by atoms with van der Waals surface area (Å²) >= 11 is 0. The highest BCUT2D eigenvalue weighted by Crippen LogP contribution is 2.09. The molecular formula is C15H20N4O. The van der Waals surface area contributed by atoms with Crippen LogP contribution in [0.25, 0.3) is 0 Å². The molecule has 0 radical (unpaired) electrons. The van der Waals surface area contributed by atoms with Crippen molar-refractivity contribution in [1.29, 1.82) is 0 Å². The molecule has 0 bridgehead atoms. The summed E-state index contributed by atoms with van der Waals surface area (Å²) in [4.78, 5) is 12.2. The zero-order chi connectivity index (χ0) is 14.2. The highest BCUT2D eigenvalue weighted by atomic mass is 16.1. The van der Waals surface area contributed by atoms with Crippen LogP contribution in [0.2, 0.25) is 0 Å². The van der Waals surface area contributed by atoms with Gasteiger partial charge in [0.05, 0.1) is 6.54 Å². The molecular weight excluding hydrogens is 252 g/mol. The normalized spacial score (nSPS) is 10.4. The van der Waals surface area contributed by atoms with Gasteiger partial charge in [-0.2, -0.15) is 5.10 Å². The van der Waals surface area contributed by atoms with Gasteiger partial charge < -0.3 is 10.6 Å². The number of carbonyl (C=O) groups is 1. The Kier molecular flexibility index (Phi) is 5.32. The molecule has 1 aromatic heterocycles. The minimum absolute atomic E-state index is 0.0242. The number of nitrogens with one attached hydrogen (secondary N) is 2. The van der Waals surface area contributed by atoms with Gasteiger partial charge in [0.15, 0.2) is 0 Å². The third-order valence-corrected chi connectivity index (χ3v) is 3.09. The van der Waals surface area contributed by atoms with E-state index < -0.39 is 0 Å². The number of likely N-dealkylation sites (N-methyl/N-ethyl adjacent to an activating group) is 1. The summed E-state index contributed by atoms with van der Waals surface area (Å²) in [7, 11) is 1.91. The van der Waals surface area contributed by atoms with Crippen molar-refractivity contribution < 1.29 is 4.79 Å². The SMILES string of the molecule is CNCCc1ccccc1C(=O)NCCn1cccn1. The van der Waals surface area contributed by atoms with Gasteiger partial charge in [0.25, 0.3) is 5.91 Å². The van der Waals surface area contributed by atoms with Gasteiger partial charge in [-0.05, 0) is 37.7 Å². The molecule has 1 amide bonds. The molecule has 20 heavy (non-hydrogen) atoms. The van der Waals surface area contributed by atoms with Crippen LogP contribution < -0.4 is 10.6 Å². The van der Waals surface area contributed by atoms with E-state index in [9.17, 15) is 4.79 Å². The monoisotopic (exact) mass is 272 g/mol. The lowest BCUT2D eigenvalue weighted by Gasteiger charge is -2.10. The quantitative estimate of drug-likeness (QED) is 0.793. The van der Waals surface area contributed by atoms with Crippen LogP contribution >= 0.6 is 0 Å². The molecule has 1 aromatic carbocycles. The summed E-state index contributed by atoms with van der Waals surface area (Å²) in [5, 5.41) is 10.1. The van der Waals surface area contributed by atoms with Gasteiger partial charge in [-0.3, -0.25) is 9.48 Å². The van der Waals surface area contributed by atoms with Crippen molar-refractivity contribution in [2.24, 2.45) is 0 Å². The summed E-state index contributed by atoms with van der Waals surface area (Å²) < 4.78 is 1.80. The Morgan fingerprint density at radius 2 is 2.10 bits per heavy atom. The number of carbonyl (C=O) groups excluding carboxylic acids is 1. The van der Waals surface area contributed by atoms with Gasteiger partial charge >= 0.3 is 0 Å². The van der Waals surface area contributed by atoms with E-state index in [-0.39, 0.29) is 5.91 Å². The maximum Gasteiger partial charge on any atom is 0.251 e. The van der Waals surface area contributed by atoms with E-state index in [1.807, 2.05) is 43.6 Å². The Hall–Kier alpha value is -2.14. The van der Waals surface area contributed by atoms with Crippen LogP contribution in [0.4, 0.5) is 0 Å². The van der Waals surface area contributed by atoms with E-state index in [0.717, 1.165) is 24.1 Å². The predicted molar refractivity (Wildman–Crippen MR) is 78.6 cm³/mol. The topological polar surface area (TPSA) is 59.0 Å². The summed E-state index contributed by atoms with van der Waals surface area (Å²) in [6, 6.07) is 9.60. The minimum atomic E-state index is -0.0242. The molecule has 2 N–H and O–H groups in total. The van der Waals surface area contributed by atoms with Crippen LogP contribution in [0.1, 0.15) is 15.9 Å². The Morgan fingerprint density at radius 1 is 1.25 bits per heavy atom. The first kappa shape index (κ1) is 14.3. The predicted octanol–water partition coefficient (Wildman–Crippen LogP) is 1.07. The van der Waals surface area contributed by atoms with Gasteiger partial charge in [0, 0.05) is 24.5 Å². The van der Waals surface area contributed by atoms with E-state index in [4.69, 9.17) is 0 Å². The summed E-state index contributed by atoms with van der Waals surface area (Å²) in [5.74, 6) is -0.0242. The molecule has 2 rings (SSSR count). The first-order chi connectivity index (χ1) is 9.81. The number of rotatable bonds is 7. The fraction of sp³-hybridized carbons (Fsp3) is 0.333. The van der Waals surface area contributed by atoms with Gasteiger partial charge in [-0.25, -0.2) is 0 Å². The highest BCUT2D eigenvalue weighted by Gasteiger charge is 2.09. The Labute approximate surface area is 119 Å². The first-order valence-electron chi connectivity index (χ1n) is 6.79. The summed E-state index contributed by atoms with van der Waals surface area (Å²) in [5.41, 5.74) is 1.82. The van der Waals surface area contributed by atoms with E-state index in [2.05, 4.69) is 15.7 Å². The molecule has 0 atom stereocenters. The van der Waals surface area contributed by atoms with Crippen LogP contribution in [-0.2, 0) is 13.0 Å². The van der Waals surface area contributed by atoms with Crippen molar-refractivity contribution in [3.05, 3.63) is 53.9 Å². The van der Waals surface area contributed by atoms with E-state index in [0.29, 0.717) is 13.1 Å².